The summed E-state index contributed by atoms with van der Waals surface area (Å²) in [4.78, 5) is 22.5. The van der Waals surface area contributed by atoms with Gasteiger partial charge in [0, 0.05) is 6.04 Å². The van der Waals surface area contributed by atoms with Crippen LogP contribution in [0.25, 0.3) is 0 Å². The van der Waals surface area contributed by atoms with Crippen LogP contribution in [0.2, 0.25) is 0 Å². The lowest BCUT2D eigenvalue weighted by Crippen LogP contribution is -2.43. The molecule has 1 fully saturated rings. The minimum absolute atomic E-state index is 0.0112. The van der Waals surface area contributed by atoms with Crippen molar-refractivity contribution in [2.75, 3.05) is 6.61 Å². The maximum atomic E-state index is 11.4. The number of imide groups is 1. The average Bonchev–Trinajstić information content (AvgIpc) is 2.67. The fourth-order valence-corrected chi connectivity index (χ4v) is 1.94. The molecule has 2 rings (SSSR count). The molecule has 2 atom stereocenters. The minimum atomic E-state index is -0.441. The number of nitrogens with one attached hydrogen (secondary N) is 2. The molecule has 0 spiro atoms. The molecule has 1 saturated heterocycles. The quantitative estimate of drug-likeness (QED) is 0.769. The van der Waals surface area contributed by atoms with Crippen LogP contribution in [-0.2, 0) is 9.59 Å². The van der Waals surface area contributed by atoms with Crippen LogP contribution < -0.4 is 15.4 Å². The molecule has 2 N–H and O–H groups in total. The SMILES string of the molecule is Cc1ccc(OCC(C)NC2CC(=O)NC2=O)cc1. The highest BCUT2D eigenvalue weighted by Gasteiger charge is 2.31. The Hall–Kier alpha value is -1.88. The van der Waals surface area contributed by atoms with E-state index in [0.717, 1.165) is 5.75 Å². The van der Waals surface area contributed by atoms with Gasteiger partial charge in [-0.3, -0.25) is 20.2 Å². The summed E-state index contributed by atoms with van der Waals surface area (Å²) in [6, 6.07) is 7.33. The van der Waals surface area contributed by atoms with Crippen LogP contribution in [0, 0.1) is 6.92 Å². The molecule has 0 saturated carbocycles. The number of aryl methyl sites for hydroxylation is 1. The highest BCUT2D eigenvalue weighted by Crippen LogP contribution is 2.12. The van der Waals surface area contributed by atoms with E-state index in [2.05, 4.69) is 10.6 Å². The van der Waals surface area contributed by atoms with E-state index in [1.165, 1.54) is 5.56 Å². The predicted molar refractivity (Wildman–Crippen MR) is 70.8 cm³/mol. The van der Waals surface area contributed by atoms with Gasteiger partial charge in [0.2, 0.25) is 11.8 Å². The van der Waals surface area contributed by atoms with Crippen LogP contribution in [0.3, 0.4) is 0 Å². The van der Waals surface area contributed by atoms with Crippen molar-refractivity contribution in [2.45, 2.75) is 32.4 Å². The molecule has 1 aliphatic rings. The van der Waals surface area contributed by atoms with Gasteiger partial charge in [0.25, 0.3) is 0 Å². The van der Waals surface area contributed by atoms with E-state index in [1.807, 2.05) is 38.1 Å². The standard InChI is InChI=1S/C14H18N2O3/c1-9-3-5-11(6-4-9)19-8-10(2)15-12-7-13(17)16-14(12)18/h3-6,10,12,15H,7-8H2,1-2H3,(H,16,17,18). The summed E-state index contributed by atoms with van der Waals surface area (Å²) in [5, 5.41) is 5.35. The third-order valence-corrected chi connectivity index (χ3v) is 2.98. The normalized spacial score (nSPS) is 20.2. The molecule has 0 aliphatic carbocycles. The van der Waals surface area contributed by atoms with Crippen molar-refractivity contribution in [1.82, 2.24) is 10.6 Å². The first-order valence-corrected chi connectivity index (χ1v) is 6.34. The Morgan fingerprint density at radius 1 is 1.37 bits per heavy atom. The van der Waals surface area contributed by atoms with E-state index in [1.54, 1.807) is 0 Å². The monoisotopic (exact) mass is 262 g/mol. The second-order valence-electron chi connectivity index (χ2n) is 4.86. The number of carbonyl (C=O) groups is 2. The van der Waals surface area contributed by atoms with E-state index >= 15 is 0 Å². The lowest BCUT2D eigenvalue weighted by atomic mass is 10.2. The Kier molecular flexibility index (Phi) is 4.16. The number of benzene rings is 1. The first-order chi connectivity index (χ1) is 9.04. The first kappa shape index (κ1) is 13.5. The molecular formula is C14H18N2O3. The zero-order chi connectivity index (χ0) is 13.8. The lowest BCUT2D eigenvalue weighted by Gasteiger charge is -2.17. The second kappa shape index (κ2) is 5.84. The molecule has 102 valence electrons. The van der Waals surface area contributed by atoms with Crippen LogP contribution in [0.15, 0.2) is 24.3 Å². The molecule has 0 bridgehead atoms. The number of hydrogen-bond donors (Lipinski definition) is 2. The zero-order valence-electron chi connectivity index (χ0n) is 11.1. The van der Waals surface area contributed by atoms with Crippen LogP contribution in [-0.4, -0.2) is 30.5 Å². The van der Waals surface area contributed by atoms with Crippen molar-refractivity contribution < 1.29 is 14.3 Å². The molecule has 5 nitrogen and oxygen atoms in total. The molecule has 1 heterocycles. The zero-order valence-corrected chi connectivity index (χ0v) is 11.1. The van der Waals surface area contributed by atoms with Crippen molar-refractivity contribution in [3.63, 3.8) is 0 Å². The molecule has 2 unspecified atom stereocenters. The maximum Gasteiger partial charge on any atom is 0.244 e. The first-order valence-electron chi connectivity index (χ1n) is 6.34. The summed E-state index contributed by atoms with van der Waals surface area (Å²) >= 11 is 0. The van der Waals surface area contributed by atoms with Crippen LogP contribution >= 0.6 is 0 Å². The number of rotatable bonds is 5. The third kappa shape index (κ3) is 3.79. The molecule has 2 amide bonds. The number of hydrogen-bond acceptors (Lipinski definition) is 4. The fourth-order valence-electron chi connectivity index (χ4n) is 1.94. The Labute approximate surface area is 112 Å². The number of amides is 2. The van der Waals surface area contributed by atoms with E-state index in [0.29, 0.717) is 6.61 Å². The molecule has 0 radical (unpaired) electrons. The summed E-state index contributed by atoms with van der Waals surface area (Å²) < 4.78 is 5.62. The Balaban J connectivity index is 1.78. The van der Waals surface area contributed by atoms with Crippen LogP contribution in [0.5, 0.6) is 5.75 Å². The van der Waals surface area contributed by atoms with Gasteiger partial charge in [-0.2, -0.15) is 0 Å². The van der Waals surface area contributed by atoms with Gasteiger partial charge in [0.15, 0.2) is 0 Å². The number of ether oxygens (including phenoxy) is 1. The summed E-state index contributed by atoms with van der Waals surface area (Å²) in [6.45, 7) is 4.38. The van der Waals surface area contributed by atoms with E-state index < -0.39 is 6.04 Å². The highest BCUT2D eigenvalue weighted by molar-refractivity contribution is 6.05. The van der Waals surface area contributed by atoms with Gasteiger partial charge in [-0.05, 0) is 26.0 Å². The van der Waals surface area contributed by atoms with Crippen molar-refractivity contribution in [2.24, 2.45) is 0 Å². The summed E-state index contributed by atoms with van der Waals surface area (Å²) in [7, 11) is 0. The third-order valence-electron chi connectivity index (χ3n) is 2.98. The molecule has 1 aromatic rings. The lowest BCUT2D eigenvalue weighted by molar-refractivity contribution is -0.125. The molecule has 0 aromatic heterocycles. The van der Waals surface area contributed by atoms with E-state index in [4.69, 9.17) is 4.74 Å². The second-order valence-corrected chi connectivity index (χ2v) is 4.86. The summed E-state index contributed by atoms with van der Waals surface area (Å²) in [5.41, 5.74) is 1.18. The Morgan fingerprint density at radius 3 is 2.63 bits per heavy atom. The average molecular weight is 262 g/mol. The highest BCUT2D eigenvalue weighted by atomic mass is 16.5. The molecule has 1 aromatic carbocycles. The summed E-state index contributed by atoms with van der Waals surface area (Å²) in [5.74, 6) is 0.313. The van der Waals surface area contributed by atoms with Crippen molar-refractivity contribution in [3.8, 4) is 5.75 Å². The smallest absolute Gasteiger partial charge is 0.244 e. The fraction of sp³-hybridized carbons (Fsp3) is 0.429. The molecular weight excluding hydrogens is 244 g/mol. The predicted octanol–water partition coefficient (Wildman–Crippen LogP) is 0.767. The van der Waals surface area contributed by atoms with Gasteiger partial charge < -0.3 is 4.74 Å². The molecule has 19 heavy (non-hydrogen) atoms. The minimum Gasteiger partial charge on any atom is -0.492 e. The Morgan fingerprint density at radius 2 is 2.05 bits per heavy atom. The number of carbonyl (C=O) groups excluding carboxylic acids is 2. The van der Waals surface area contributed by atoms with Gasteiger partial charge in [0.05, 0.1) is 12.5 Å². The van der Waals surface area contributed by atoms with E-state index in [9.17, 15) is 9.59 Å². The molecule has 5 heteroatoms. The summed E-state index contributed by atoms with van der Waals surface area (Å²) in [6.07, 6.45) is 0.202. The molecule has 1 aliphatic heterocycles. The van der Waals surface area contributed by atoms with Gasteiger partial charge in [-0.1, -0.05) is 17.7 Å². The largest absolute Gasteiger partial charge is 0.492 e. The van der Waals surface area contributed by atoms with Gasteiger partial charge in [-0.25, -0.2) is 0 Å². The van der Waals surface area contributed by atoms with Crippen molar-refractivity contribution >= 4 is 11.8 Å². The van der Waals surface area contributed by atoms with Crippen LogP contribution in [0.1, 0.15) is 18.9 Å². The van der Waals surface area contributed by atoms with Gasteiger partial charge in [0.1, 0.15) is 12.4 Å². The maximum absolute atomic E-state index is 11.4. The van der Waals surface area contributed by atoms with Gasteiger partial charge >= 0.3 is 0 Å². The van der Waals surface area contributed by atoms with Crippen molar-refractivity contribution in [3.05, 3.63) is 29.8 Å². The van der Waals surface area contributed by atoms with Crippen LogP contribution in [0.4, 0.5) is 0 Å². The Bertz CT molecular complexity index is 470. The van der Waals surface area contributed by atoms with Gasteiger partial charge in [-0.15, -0.1) is 0 Å². The van der Waals surface area contributed by atoms with Crippen molar-refractivity contribution in [1.29, 1.82) is 0 Å². The van der Waals surface area contributed by atoms with E-state index in [-0.39, 0.29) is 24.3 Å². The topological polar surface area (TPSA) is 67.4 Å².